The van der Waals surface area contributed by atoms with E-state index < -0.39 is 0 Å². The number of nitrogens with zero attached hydrogens (tertiary/aromatic N) is 4. The topological polar surface area (TPSA) is 54.0 Å². The largest absolute Gasteiger partial charge is 0.343 e. The van der Waals surface area contributed by atoms with Gasteiger partial charge in [-0.2, -0.15) is 0 Å². The Morgan fingerprint density at radius 1 is 1.12 bits per heavy atom. The third-order valence-corrected chi connectivity index (χ3v) is 6.65. The number of rotatable bonds is 4. The summed E-state index contributed by atoms with van der Waals surface area (Å²) in [7, 11) is 0. The van der Waals surface area contributed by atoms with Crippen molar-refractivity contribution in [2.75, 3.05) is 0 Å². The quantitative estimate of drug-likeness (QED) is 0.461. The van der Waals surface area contributed by atoms with Crippen molar-refractivity contribution in [3.63, 3.8) is 0 Å². The van der Waals surface area contributed by atoms with E-state index in [4.69, 9.17) is 9.98 Å². The van der Waals surface area contributed by atoms with Gasteiger partial charge >= 0.3 is 0 Å². The number of fused-ring (bicyclic) bond motifs is 2. The van der Waals surface area contributed by atoms with Gasteiger partial charge in [-0.1, -0.05) is 30.3 Å². The van der Waals surface area contributed by atoms with E-state index in [1.54, 1.807) is 12.1 Å². The normalized spacial score (nSPS) is 23.4. The lowest BCUT2D eigenvalue weighted by atomic mass is 10.0. The zero-order valence-corrected chi connectivity index (χ0v) is 18.5. The summed E-state index contributed by atoms with van der Waals surface area (Å²) in [5.41, 5.74) is 5.66. The van der Waals surface area contributed by atoms with E-state index in [9.17, 15) is 4.39 Å². The number of halogens is 1. The number of guanidine groups is 1. The van der Waals surface area contributed by atoms with Crippen LogP contribution >= 0.6 is 0 Å². The summed E-state index contributed by atoms with van der Waals surface area (Å²) in [5, 5.41) is 3.65. The van der Waals surface area contributed by atoms with Gasteiger partial charge < -0.3 is 9.72 Å². The number of hydrogen-bond acceptors (Lipinski definition) is 2. The number of hydrogen-bond donors (Lipinski definition) is 1. The van der Waals surface area contributed by atoms with Gasteiger partial charge in [-0.3, -0.25) is 0 Å². The molecule has 1 aliphatic carbocycles. The summed E-state index contributed by atoms with van der Waals surface area (Å²) in [4.78, 5) is 14.5. The molecule has 0 saturated heterocycles. The number of aromatic nitrogens is 2. The van der Waals surface area contributed by atoms with E-state index in [1.165, 1.54) is 12.1 Å². The third kappa shape index (κ3) is 3.33. The van der Waals surface area contributed by atoms with Crippen LogP contribution in [0.25, 0.3) is 16.9 Å². The first kappa shape index (κ1) is 19.9. The highest BCUT2D eigenvalue weighted by atomic mass is 19.1. The Labute approximate surface area is 191 Å². The monoisotopic (exact) mass is 437 g/mol. The Bertz CT molecular complexity index is 1400. The Morgan fingerprint density at radius 2 is 1.91 bits per heavy atom. The number of aliphatic imine (C=N–C) groups is 2. The molecule has 164 valence electrons. The maximum atomic E-state index is 13.6. The third-order valence-electron chi connectivity index (χ3n) is 6.65. The molecule has 3 atom stereocenters. The van der Waals surface area contributed by atoms with Crippen LogP contribution in [0.15, 0.2) is 82.9 Å². The fourth-order valence-corrected chi connectivity index (χ4v) is 4.77. The van der Waals surface area contributed by atoms with Crippen molar-refractivity contribution in [2.45, 2.75) is 31.8 Å². The molecular weight excluding hydrogens is 413 g/mol. The summed E-state index contributed by atoms with van der Waals surface area (Å²) >= 11 is 0. The predicted molar refractivity (Wildman–Crippen MR) is 129 cm³/mol. The van der Waals surface area contributed by atoms with Crippen LogP contribution in [-0.4, -0.2) is 21.6 Å². The molecule has 1 aliphatic heterocycles. The van der Waals surface area contributed by atoms with E-state index in [-0.39, 0.29) is 23.3 Å². The van der Waals surface area contributed by atoms with Crippen LogP contribution in [-0.2, 0) is 5.54 Å². The summed E-state index contributed by atoms with van der Waals surface area (Å²) in [5.74, 6) is 0.630. The molecule has 2 unspecified atom stereocenters. The van der Waals surface area contributed by atoms with Crippen LogP contribution in [0.4, 0.5) is 4.39 Å². The minimum Gasteiger partial charge on any atom is -0.343 e. The van der Waals surface area contributed by atoms with E-state index >= 15 is 0 Å². The zero-order chi connectivity index (χ0) is 22.6. The van der Waals surface area contributed by atoms with E-state index in [0.717, 1.165) is 40.1 Å². The Morgan fingerprint density at radius 3 is 2.70 bits per heavy atom. The summed E-state index contributed by atoms with van der Waals surface area (Å²) in [6, 6.07) is 20.9. The predicted octanol–water partition coefficient (Wildman–Crippen LogP) is 5.46. The number of imidazole rings is 1. The van der Waals surface area contributed by atoms with Gasteiger partial charge in [-0.15, -0.1) is 0 Å². The smallest absolute Gasteiger partial charge is 0.219 e. The number of nitrogens with one attached hydrogen (secondary N) is 1. The van der Waals surface area contributed by atoms with E-state index in [2.05, 4.69) is 59.0 Å². The molecular formula is C27H24FN5. The second-order valence-corrected chi connectivity index (χ2v) is 8.97. The van der Waals surface area contributed by atoms with Gasteiger partial charge in [0.25, 0.3) is 0 Å². The molecule has 1 saturated carbocycles. The summed E-state index contributed by atoms with van der Waals surface area (Å²) in [6.45, 7) is 4.14. The van der Waals surface area contributed by atoms with Crippen molar-refractivity contribution in [3.05, 3.63) is 95.6 Å². The number of pyridine rings is 1. The molecule has 2 aliphatic rings. The van der Waals surface area contributed by atoms with Crippen LogP contribution in [0, 0.1) is 18.7 Å². The number of benzene rings is 2. The molecule has 5 nitrogen and oxygen atoms in total. The molecule has 0 radical (unpaired) electrons. The Balaban J connectivity index is 1.45. The van der Waals surface area contributed by atoms with E-state index in [1.807, 2.05) is 24.4 Å². The molecule has 6 heteroatoms. The van der Waals surface area contributed by atoms with Crippen molar-refractivity contribution in [2.24, 2.45) is 15.9 Å². The molecule has 6 rings (SSSR count). The molecule has 3 heterocycles. The fourth-order valence-electron chi connectivity index (χ4n) is 4.77. The minimum absolute atomic E-state index is 0.0143. The maximum Gasteiger partial charge on any atom is 0.219 e. The lowest BCUT2D eigenvalue weighted by Crippen LogP contribution is -2.40. The number of aryl methyl sites for hydroxylation is 1. The highest BCUT2D eigenvalue weighted by Gasteiger charge is 2.60. The lowest BCUT2D eigenvalue weighted by molar-refractivity contribution is 0.581. The lowest BCUT2D eigenvalue weighted by Gasteiger charge is -2.24. The first-order valence-electron chi connectivity index (χ1n) is 11.2. The molecule has 2 aromatic heterocycles. The van der Waals surface area contributed by atoms with Crippen molar-refractivity contribution in [3.8, 4) is 11.3 Å². The molecule has 2 aromatic carbocycles. The Kier molecular flexibility index (Phi) is 4.43. The second kappa shape index (κ2) is 7.37. The fraction of sp³-hybridized carbons (Fsp3) is 0.222. The van der Waals surface area contributed by atoms with Crippen LogP contribution in [0.3, 0.4) is 0 Å². The zero-order valence-electron chi connectivity index (χ0n) is 18.5. The van der Waals surface area contributed by atoms with Gasteiger partial charge in [0, 0.05) is 23.9 Å². The van der Waals surface area contributed by atoms with Gasteiger partial charge in [-0.25, -0.2) is 19.4 Å². The SMILES string of the molecule is Cc1ccn2c(C34CC3C=NC(=N[C@@H](C)c3ccccc3)N4)c(-c3ccc(F)cc3)nc2c1. The Hall–Kier alpha value is -3.80. The van der Waals surface area contributed by atoms with Crippen molar-refractivity contribution in [1.82, 2.24) is 14.7 Å². The first-order chi connectivity index (χ1) is 16.0. The van der Waals surface area contributed by atoms with Crippen LogP contribution in [0.1, 0.15) is 36.2 Å². The van der Waals surface area contributed by atoms with Crippen LogP contribution in [0.5, 0.6) is 0 Å². The average molecular weight is 438 g/mol. The van der Waals surface area contributed by atoms with Crippen molar-refractivity contribution >= 4 is 17.8 Å². The van der Waals surface area contributed by atoms with Gasteiger partial charge in [0.05, 0.1) is 23.0 Å². The molecule has 1 N–H and O–H groups in total. The molecule has 4 aromatic rings. The maximum absolute atomic E-state index is 13.6. The molecule has 1 fully saturated rings. The van der Waals surface area contributed by atoms with Crippen molar-refractivity contribution < 1.29 is 4.39 Å². The van der Waals surface area contributed by atoms with Crippen LogP contribution in [0.2, 0.25) is 0 Å². The second-order valence-electron chi connectivity index (χ2n) is 8.97. The summed E-state index contributed by atoms with van der Waals surface area (Å²) in [6.07, 6.45) is 4.99. The molecule has 33 heavy (non-hydrogen) atoms. The van der Waals surface area contributed by atoms with Gasteiger partial charge in [-0.05, 0) is 67.8 Å². The molecule has 0 amide bonds. The molecule has 0 bridgehead atoms. The van der Waals surface area contributed by atoms with Crippen molar-refractivity contribution in [1.29, 1.82) is 0 Å². The first-order valence-corrected chi connectivity index (χ1v) is 11.2. The van der Waals surface area contributed by atoms with Gasteiger partial charge in [0.15, 0.2) is 0 Å². The van der Waals surface area contributed by atoms with E-state index in [0.29, 0.717) is 5.96 Å². The highest BCUT2D eigenvalue weighted by Crippen LogP contribution is 2.54. The minimum atomic E-state index is -0.338. The highest BCUT2D eigenvalue weighted by molar-refractivity contribution is 5.95. The standard InChI is InChI=1S/C27H24FN5/c1-17-12-13-33-23(14-17)31-24(20-8-10-22(28)11-9-20)25(33)27-15-21(27)16-29-26(32-27)30-18(2)19-6-4-3-5-7-19/h3-14,16,18,21H,15H2,1-2H3,(H,30,32)/t18-,21?,27?/m0/s1. The molecule has 0 spiro atoms. The van der Waals surface area contributed by atoms with Gasteiger partial charge in [0.1, 0.15) is 11.5 Å². The van der Waals surface area contributed by atoms with Gasteiger partial charge in [0.2, 0.25) is 5.96 Å². The van der Waals surface area contributed by atoms with Crippen LogP contribution < -0.4 is 5.32 Å². The summed E-state index contributed by atoms with van der Waals surface area (Å²) < 4.78 is 15.8. The average Bonchev–Trinajstić information content (AvgIpc) is 3.43.